The summed E-state index contributed by atoms with van der Waals surface area (Å²) in [6, 6.07) is 11.1. The van der Waals surface area contributed by atoms with E-state index in [0.29, 0.717) is 12.6 Å². The van der Waals surface area contributed by atoms with Gasteiger partial charge in [0.15, 0.2) is 0 Å². The van der Waals surface area contributed by atoms with Crippen molar-refractivity contribution in [1.29, 1.82) is 0 Å². The van der Waals surface area contributed by atoms with E-state index < -0.39 is 0 Å². The zero-order valence-electron chi connectivity index (χ0n) is 14.2. The minimum atomic E-state index is 0. The largest absolute Gasteiger partial charge is 0.339 e. The molecule has 2 fully saturated rings. The van der Waals surface area contributed by atoms with Crippen LogP contribution in [0.2, 0.25) is 0 Å². The van der Waals surface area contributed by atoms with Gasteiger partial charge in [0.25, 0.3) is 0 Å². The monoisotopic (exact) mass is 374 g/mol. The first kappa shape index (κ1) is 21.2. The van der Waals surface area contributed by atoms with E-state index in [4.69, 9.17) is 0 Å². The number of amides is 1. The normalized spacial score (nSPS) is 18.5. The van der Waals surface area contributed by atoms with Crippen molar-refractivity contribution in [2.24, 2.45) is 0 Å². The fraction of sp³-hybridized carbons (Fsp3) is 0.588. The first-order chi connectivity index (χ1) is 10.7. The molecule has 0 aromatic heterocycles. The van der Waals surface area contributed by atoms with Crippen LogP contribution < -0.4 is 5.32 Å². The van der Waals surface area contributed by atoms with E-state index in [2.05, 4.69) is 46.4 Å². The number of halogens is 2. The number of nitrogens with one attached hydrogen (secondary N) is 1. The van der Waals surface area contributed by atoms with E-state index in [-0.39, 0.29) is 30.7 Å². The Balaban J connectivity index is 0.00000144. The molecule has 3 rings (SSSR count). The maximum absolute atomic E-state index is 12.4. The van der Waals surface area contributed by atoms with Crippen LogP contribution in [0.3, 0.4) is 0 Å². The van der Waals surface area contributed by atoms with Crippen molar-refractivity contribution in [3.8, 4) is 0 Å². The van der Waals surface area contributed by atoms with Gasteiger partial charge in [-0.3, -0.25) is 14.6 Å². The van der Waals surface area contributed by atoms with E-state index in [1.165, 1.54) is 5.56 Å². The van der Waals surface area contributed by atoms with Crippen molar-refractivity contribution in [2.45, 2.75) is 12.6 Å². The highest BCUT2D eigenvalue weighted by molar-refractivity contribution is 5.85. The molecule has 2 aliphatic heterocycles. The minimum Gasteiger partial charge on any atom is -0.339 e. The Morgan fingerprint density at radius 2 is 1.75 bits per heavy atom. The second-order valence-corrected chi connectivity index (χ2v) is 6.37. The van der Waals surface area contributed by atoms with Gasteiger partial charge in [0, 0.05) is 51.9 Å². The van der Waals surface area contributed by atoms with Gasteiger partial charge in [0.05, 0.1) is 6.54 Å². The summed E-state index contributed by atoms with van der Waals surface area (Å²) in [6.45, 7) is 7.18. The smallest absolute Gasteiger partial charge is 0.236 e. The molecule has 1 N–H and O–H groups in total. The van der Waals surface area contributed by atoms with Gasteiger partial charge < -0.3 is 10.2 Å². The Kier molecular flexibility index (Phi) is 9.02. The molecule has 0 radical (unpaired) electrons. The zero-order valence-corrected chi connectivity index (χ0v) is 15.8. The third-order valence-electron chi connectivity index (χ3n) is 4.74. The molecule has 0 bridgehead atoms. The highest BCUT2D eigenvalue weighted by Crippen LogP contribution is 2.09. The second kappa shape index (κ2) is 10.2. The van der Waals surface area contributed by atoms with Gasteiger partial charge in [-0.05, 0) is 12.6 Å². The molecular formula is C17H28Cl2N4O. The molecule has 2 saturated heterocycles. The van der Waals surface area contributed by atoms with Gasteiger partial charge in [-0.15, -0.1) is 24.8 Å². The van der Waals surface area contributed by atoms with Gasteiger partial charge in [-0.2, -0.15) is 0 Å². The highest BCUT2D eigenvalue weighted by atomic mass is 35.5. The Hall–Kier alpha value is -0.850. The van der Waals surface area contributed by atoms with Crippen LogP contribution in [0.25, 0.3) is 0 Å². The molecule has 0 atom stereocenters. The summed E-state index contributed by atoms with van der Waals surface area (Å²) in [5, 5.41) is 3.25. The zero-order chi connectivity index (χ0) is 15.4. The van der Waals surface area contributed by atoms with Crippen LogP contribution in [-0.4, -0.2) is 79.5 Å². The molecule has 2 heterocycles. The summed E-state index contributed by atoms with van der Waals surface area (Å²) in [6.07, 6.45) is 0. The Morgan fingerprint density at radius 1 is 1.12 bits per heavy atom. The van der Waals surface area contributed by atoms with Crippen LogP contribution in [0.15, 0.2) is 30.3 Å². The Labute approximate surface area is 157 Å². The lowest BCUT2D eigenvalue weighted by Crippen LogP contribution is -2.58. The van der Waals surface area contributed by atoms with Gasteiger partial charge in [0.1, 0.15) is 0 Å². The molecule has 2 aliphatic rings. The lowest BCUT2D eigenvalue weighted by Gasteiger charge is -2.38. The maximum atomic E-state index is 12.4. The van der Waals surface area contributed by atoms with Crippen LogP contribution >= 0.6 is 24.8 Å². The number of carbonyl (C=O) groups is 1. The lowest BCUT2D eigenvalue weighted by atomic mass is 10.1. The standard InChI is InChI=1S/C17H26N4O.2ClH/c1-19(16-11-18-12-16)14-17(22)21-9-7-20(8-10-21)13-15-5-3-2-4-6-15;;/h2-6,16,18H,7-14H2,1H3;2*1H. The Bertz CT molecular complexity index is 491. The van der Waals surface area contributed by atoms with Crippen LogP contribution in [0.1, 0.15) is 5.56 Å². The average molecular weight is 375 g/mol. The summed E-state index contributed by atoms with van der Waals surface area (Å²) >= 11 is 0. The second-order valence-electron chi connectivity index (χ2n) is 6.37. The topological polar surface area (TPSA) is 38.8 Å². The summed E-state index contributed by atoms with van der Waals surface area (Å²) < 4.78 is 0. The Morgan fingerprint density at radius 3 is 2.29 bits per heavy atom. The van der Waals surface area contributed by atoms with E-state index in [0.717, 1.165) is 45.8 Å². The van der Waals surface area contributed by atoms with E-state index in [1.807, 2.05) is 11.0 Å². The average Bonchev–Trinajstić information content (AvgIpc) is 2.47. The van der Waals surface area contributed by atoms with Crippen molar-refractivity contribution in [3.63, 3.8) is 0 Å². The van der Waals surface area contributed by atoms with E-state index in [1.54, 1.807) is 0 Å². The molecule has 1 amide bonds. The summed E-state index contributed by atoms with van der Waals surface area (Å²) in [4.78, 5) is 19.0. The first-order valence-electron chi connectivity index (χ1n) is 8.17. The van der Waals surface area contributed by atoms with Crippen LogP contribution in [-0.2, 0) is 11.3 Å². The van der Waals surface area contributed by atoms with Crippen molar-refractivity contribution in [1.82, 2.24) is 20.0 Å². The molecule has 5 nitrogen and oxygen atoms in total. The molecule has 7 heteroatoms. The molecule has 136 valence electrons. The van der Waals surface area contributed by atoms with Crippen molar-refractivity contribution >= 4 is 30.7 Å². The van der Waals surface area contributed by atoms with E-state index in [9.17, 15) is 4.79 Å². The van der Waals surface area contributed by atoms with Crippen LogP contribution in [0.4, 0.5) is 0 Å². The highest BCUT2D eigenvalue weighted by Gasteiger charge is 2.26. The SMILES string of the molecule is CN(CC(=O)N1CCN(Cc2ccccc2)CC1)C1CNC1.Cl.Cl. The van der Waals surface area contributed by atoms with Crippen molar-refractivity contribution in [2.75, 3.05) is 52.9 Å². The maximum Gasteiger partial charge on any atom is 0.236 e. The predicted octanol–water partition coefficient (Wildman–Crippen LogP) is 1.08. The number of nitrogens with zero attached hydrogens (tertiary/aromatic N) is 3. The molecule has 1 aromatic carbocycles. The minimum absolute atomic E-state index is 0. The first-order valence-corrected chi connectivity index (χ1v) is 8.17. The molecule has 1 aromatic rings. The summed E-state index contributed by atoms with van der Waals surface area (Å²) in [5.74, 6) is 0.272. The quantitative estimate of drug-likeness (QED) is 0.836. The van der Waals surface area contributed by atoms with Gasteiger partial charge in [-0.25, -0.2) is 0 Å². The molecule has 0 unspecified atom stereocenters. The van der Waals surface area contributed by atoms with Gasteiger partial charge >= 0.3 is 0 Å². The number of piperazine rings is 1. The third-order valence-corrected chi connectivity index (χ3v) is 4.74. The van der Waals surface area contributed by atoms with Crippen molar-refractivity contribution in [3.05, 3.63) is 35.9 Å². The van der Waals surface area contributed by atoms with Gasteiger partial charge in [0.2, 0.25) is 5.91 Å². The summed E-state index contributed by atoms with van der Waals surface area (Å²) in [5.41, 5.74) is 1.35. The number of hydrogen-bond acceptors (Lipinski definition) is 4. The number of likely N-dealkylation sites (N-methyl/N-ethyl adjacent to an activating group) is 1. The molecule has 0 spiro atoms. The lowest BCUT2D eigenvalue weighted by molar-refractivity contribution is -0.134. The molecule has 0 saturated carbocycles. The third kappa shape index (κ3) is 5.60. The predicted molar refractivity (Wildman–Crippen MR) is 102 cm³/mol. The fourth-order valence-corrected chi connectivity index (χ4v) is 3.02. The molecular weight excluding hydrogens is 347 g/mol. The number of hydrogen-bond donors (Lipinski definition) is 1. The van der Waals surface area contributed by atoms with Crippen LogP contribution in [0.5, 0.6) is 0 Å². The van der Waals surface area contributed by atoms with Gasteiger partial charge in [-0.1, -0.05) is 30.3 Å². The van der Waals surface area contributed by atoms with E-state index >= 15 is 0 Å². The number of benzene rings is 1. The molecule has 0 aliphatic carbocycles. The van der Waals surface area contributed by atoms with Crippen molar-refractivity contribution < 1.29 is 4.79 Å². The fourth-order valence-electron chi connectivity index (χ4n) is 3.02. The number of carbonyl (C=O) groups excluding carboxylic acids is 1. The summed E-state index contributed by atoms with van der Waals surface area (Å²) in [7, 11) is 2.05. The van der Waals surface area contributed by atoms with Crippen LogP contribution in [0, 0.1) is 0 Å². The molecule has 24 heavy (non-hydrogen) atoms. The number of rotatable bonds is 5.